The van der Waals surface area contributed by atoms with Gasteiger partial charge in [0.2, 0.25) is 0 Å². The fraction of sp³-hybridized carbons (Fsp3) is 0.824. The van der Waals surface area contributed by atoms with Gasteiger partial charge >= 0.3 is 5.97 Å². The Hall–Kier alpha value is -0.790. The zero-order valence-electron chi connectivity index (χ0n) is 12.3. The molecule has 0 N–H and O–H groups in total. The number of rotatable bonds is 6. The van der Waals surface area contributed by atoms with E-state index in [1.54, 1.807) is 0 Å². The van der Waals surface area contributed by atoms with Crippen molar-refractivity contribution in [2.75, 3.05) is 0 Å². The molecule has 0 saturated heterocycles. The van der Waals surface area contributed by atoms with Crippen LogP contribution in [0.1, 0.15) is 71.1 Å². The number of esters is 1. The zero-order valence-corrected chi connectivity index (χ0v) is 12.3. The molecule has 3 unspecified atom stereocenters. The third-order valence-corrected chi connectivity index (χ3v) is 4.90. The summed E-state index contributed by atoms with van der Waals surface area (Å²) in [6.45, 7) is 6.07. The van der Waals surface area contributed by atoms with E-state index >= 15 is 0 Å². The monoisotopic (exact) mass is 264 g/mol. The number of ether oxygens (including phenoxy) is 1. The van der Waals surface area contributed by atoms with Crippen molar-refractivity contribution in [2.24, 2.45) is 11.8 Å². The highest BCUT2D eigenvalue weighted by atomic mass is 16.5. The van der Waals surface area contributed by atoms with Gasteiger partial charge < -0.3 is 4.74 Å². The smallest absolute Gasteiger partial charge is 0.333 e. The van der Waals surface area contributed by atoms with Crippen molar-refractivity contribution in [2.45, 2.75) is 77.2 Å². The first-order valence-corrected chi connectivity index (χ1v) is 8.11. The molecule has 0 radical (unpaired) electrons. The van der Waals surface area contributed by atoms with Crippen LogP contribution in [0, 0.1) is 11.8 Å². The van der Waals surface area contributed by atoms with Gasteiger partial charge in [-0.05, 0) is 43.9 Å². The van der Waals surface area contributed by atoms with Crippen LogP contribution in [-0.4, -0.2) is 12.1 Å². The lowest BCUT2D eigenvalue weighted by Gasteiger charge is -2.29. The summed E-state index contributed by atoms with van der Waals surface area (Å²) in [7, 11) is 0. The summed E-state index contributed by atoms with van der Waals surface area (Å²) in [5.74, 6) is 1.33. The minimum absolute atomic E-state index is 0.132. The number of hydrogen-bond donors (Lipinski definition) is 0. The Balaban J connectivity index is 1.77. The van der Waals surface area contributed by atoms with Crippen LogP contribution < -0.4 is 0 Å². The van der Waals surface area contributed by atoms with Crippen molar-refractivity contribution >= 4 is 5.97 Å². The van der Waals surface area contributed by atoms with E-state index in [-0.39, 0.29) is 12.1 Å². The highest BCUT2D eigenvalue weighted by molar-refractivity contribution is 5.87. The molecule has 0 heterocycles. The van der Waals surface area contributed by atoms with Crippen molar-refractivity contribution in [3.8, 4) is 0 Å². The summed E-state index contributed by atoms with van der Waals surface area (Å²) in [4.78, 5) is 12.0. The van der Waals surface area contributed by atoms with Gasteiger partial charge in [0, 0.05) is 5.57 Å². The van der Waals surface area contributed by atoms with E-state index in [1.165, 1.54) is 44.9 Å². The first-order chi connectivity index (χ1) is 9.22. The van der Waals surface area contributed by atoms with Crippen LogP contribution >= 0.6 is 0 Å². The normalized spacial score (nSPS) is 29.8. The number of hydrogen-bond acceptors (Lipinski definition) is 2. The third kappa shape index (κ3) is 3.84. The quantitative estimate of drug-likeness (QED) is 0.397. The molecular weight excluding hydrogens is 236 g/mol. The molecule has 0 bridgehead atoms. The van der Waals surface area contributed by atoms with E-state index in [0.29, 0.717) is 11.5 Å². The lowest BCUT2D eigenvalue weighted by molar-refractivity contribution is -0.146. The van der Waals surface area contributed by atoms with Crippen molar-refractivity contribution in [3.05, 3.63) is 12.2 Å². The zero-order chi connectivity index (χ0) is 13.7. The van der Waals surface area contributed by atoms with Crippen LogP contribution in [0.15, 0.2) is 12.2 Å². The highest BCUT2D eigenvalue weighted by Crippen LogP contribution is 2.43. The molecule has 0 aromatic rings. The number of carbonyl (C=O) groups excluding carboxylic acids is 1. The lowest BCUT2D eigenvalue weighted by Crippen LogP contribution is -2.27. The number of fused-ring (bicyclic) bond motifs is 1. The van der Waals surface area contributed by atoms with Crippen LogP contribution in [0.2, 0.25) is 0 Å². The molecule has 0 aromatic heterocycles. The minimum atomic E-state index is -0.132. The van der Waals surface area contributed by atoms with E-state index in [4.69, 9.17) is 4.74 Å². The van der Waals surface area contributed by atoms with Crippen LogP contribution in [0.3, 0.4) is 0 Å². The molecule has 3 atom stereocenters. The maximum Gasteiger partial charge on any atom is 0.333 e. The van der Waals surface area contributed by atoms with Gasteiger partial charge in [0.15, 0.2) is 0 Å². The van der Waals surface area contributed by atoms with Crippen LogP contribution in [0.5, 0.6) is 0 Å². The second kappa shape index (κ2) is 7.12. The van der Waals surface area contributed by atoms with Crippen LogP contribution in [0.4, 0.5) is 0 Å². The van der Waals surface area contributed by atoms with E-state index in [0.717, 1.165) is 25.2 Å². The van der Waals surface area contributed by atoms with Gasteiger partial charge in [0.05, 0.1) is 0 Å². The molecule has 2 saturated carbocycles. The Bertz CT molecular complexity index is 321. The standard InChI is InChI=1S/C17H28O2/c1-3-4-5-8-13(2)17(18)19-16-12-11-14-9-6-7-10-15(14)16/h14-16H,2-12H2,1H3. The van der Waals surface area contributed by atoms with Gasteiger partial charge in [-0.2, -0.15) is 0 Å². The van der Waals surface area contributed by atoms with Crippen molar-refractivity contribution in [1.29, 1.82) is 0 Å². The highest BCUT2D eigenvalue weighted by Gasteiger charge is 2.39. The van der Waals surface area contributed by atoms with E-state index in [2.05, 4.69) is 13.5 Å². The van der Waals surface area contributed by atoms with Crippen molar-refractivity contribution < 1.29 is 9.53 Å². The summed E-state index contributed by atoms with van der Waals surface area (Å²) < 4.78 is 5.73. The lowest BCUT2D eigenvalue weighted by atomic mass is 9.81. The Morgan fingerprint density at radius 2 is 1.95 bits per heavy atom. The first kappa shape index (κ1) is 14.6. The van der Waals surface area contributed by atoms with Gasteiger partial charge in [-0.3, -0.25) is 0 Å². The Morgan fingerprint density at radius 1 is 1.16 bits per heavy atom. The molecule has 2 rings (SSSR count). The van der Waals surface area contributed by atoms with Crippen LogP contribution in [0.25, 0.3) is 0 Å². The molecule has 2 aliphatic rings. The summed E-state index contributed by atoms with van der Waals surface area (Å²) >= 11 is 0. The predicted octanol–water partition coefficient (Wildman–Crippen LogP) is 4.63. The summed E-state index contributed by atoms with van der Waals surface area (Å²) in [5, 5.41) is 0. The van der Waals surface area contributed by atoms with Gasteiger partial charge in [-0.1, -0.05) is 45.6 Å². The molecule has 2 aliphatic carbocycles. The molecule has 108 valence electrons. The van der Waals surface area contributed by atoms with E-state index in [9.17, 15) is 4.79 Å². The molecule has 2 heteroatoms. The van der Waals surface area contributed by atoms with Gasteiger partial charge in [0.1, 0.15) is 6.10 Å². The second-order valence-corrected chi connectivity index (χ2v) is 6.29. The second-order valence-electron chi connectivity index (χ2n) is 6.29. The first-order valence-electron chi connectivity index (χ1n) is 8.11. The van der Waals surface area contributed by atoms with Crippen molar-refractivity contribution in [1.82, 2.24) is 0 Å². The average Bonchev–Trinajstić information content (AvgIpc) is 2.82. The fourth-order valence-electron chi connectivity index (χ4n) is 3.73. The van der Waals surface area contributed by atoms with Crippen molar-refractivity contribution in [3.63, 3.8) is 0 Å². The molecule has 0 amide bonds. The Morgan fingerprint density at radius 3 is 2.74 bits per heavy atom. The molecule has 2 nitrogen and oxygen atoms in total. The Labute approximate surface area is 117 Å². The molecule has 19 heavy (non-hydrogen) atoms. The summed E-state index contributed by atoms with van der Waals surface area (Å²) in [5.41, 5.74) is 0.674. The van der Waals surface area contributed by atoms with E-state index in [1.807, 2.05) is 0 Å². The van der Waals surface area contributed by atoms with Gasteiger partial charge in [-0.25, -0.2) is 4.79 Å². The number of carbonyl (C=O) groups is 1. The maximum atomic E-state index is 12.0. The Kier molecular flexibility index (Phi) is 5.47. The molecule has 0 aromatic carbocycles. The minimum Gasteiger partial charge on any atom is -0.459 e. The number of unbranched alkanes of at least 4 members (excludes halogenated alkanes) is 2. The summed E-state index contributed by atoms with van der Waals surface area (Å²) in [6, 6.07) is 0. The fourth-order valence-corrected chi connectivity index (χ4v) is 3.73. The SMILES string of the molecule is C=C(CCCCC)C(=O)OC1CCC2CCCCC21. The molecule has 0 spiro atoms. The topological polar surface area (TPSA) is 26.3 Å². The molecule has 2 fully saturated rings. The summed E-state index contributed by atoms with van der Waals surface area (Å²) in [6.07, 6.45) is 12.0. The van der Waals surface area contributed by atoms with Gasteiger partial charge in [0.25, 0.3) is 0 Å². The largest absolute Gasteiger partial charge is 0.459 e. The molecule has 0 aliphatic heterocycles. The van der Waals surface area contributed by atoms with E-state index < -0.39 is 0 Å². The predicted molar refractivity (Wildman–Crippen MR) is 77.8 cm³/mol. The molecular formula is C17H28O2. The average molecular weight is 264 g/mol. The maximum absolute atomic E-state index is 12.0. The third-order valence-electron chi connectivity index (χ3n) is 4.90. The van der Waals surface area contributed by atoms with Gasteiger partial charge in [-0.15, -0.1) is 0 Å². The van der Waals surface area contributed by atoms with Crippen LogP contribution in [-0.2, 0) is 9.53 Å².